The summed E-state index contributed by atoms with van der Waals surface area (Å²) in [6.45, 7) is 2.49. The second-order valence-electron chi connectivity index (χ2n) is 8.36. The molecule has 0 bridgehead atoms. The van der Waals surface area contributed by atoms with Gasteiger partial charge in [-0.05, 0) is 61.7 Å². The number of aromatic nitrogens is 2. The molecule has 1 atom stereocenters. The van der Waals surface area contributed by atoms with Crippen LogP contribution in [0.15, 0.2) is 64.6 Å². The first-order chi connectivity index (χ1) is 15.6. The number of carbonyl (C=O) groups excluding carboxylic acids is 1. The standard InChI is InChI=1S/C25H30N4OS2/c1-28(17-20-8-12-26-13-9-20)23(16-19-6-4-3-5-7-19)21-10-14-29(15-11-21)24(30)22-18-32-25(27-22)31-2/h3-9,12-13,18,21,23H,10-11,14-17H2,1-2H3. The maximum absolute atomic E-state index is 12.9. The van der Waals surface area contributed by atoms with Crippen LogP contribution in [0.5, 0.6) is 0 Å². The van der Waals surface area contributed by atoms with E-state index < -0.39 is 0 Å². The third kappa shape index (κ3) is 5.77. The van der Waals surface area contributed by atoms with Gasteiger partial charge >= 0.3 is 0 Å². The van der Waals surface area contributed by atoms with Crippen LogP contribution < -0.4 is 0 Å². The zero-order valence-electron chi connectivity index (χ0n) is 18.7. The highest BCUT2D eigenvalue weighted by Gasteiger charge is 2.31. The smallest absolute Gasteiger partial charge is 0.273 e. The number of hydrogen-bond acceptors (Lipinski definition) is 6. The highest BCUT2D eigenvalue weighted by Crippen LogP contribution is 2.29. The van der Waals surface area contributed by atoms with Gasteiger partial charge < -0.3 is 4.90 Å². The minimum Gasteiger partial charge on any atom is -0.337 e. The molecule has 5 nitrogen and oxygen atoms in total. The normalized spacial score (nSPS) is 15.8. The van der Waals surface area contributed by atoms with Gasteiger partial charge in [0.25, 0.3) is 5.91 Å². The molecule has 4 rings (SSSR count). The number of thioether (sulfide) groups is 1. The third-order valence-electron chi connectivity index (χ3n) is 6.28. The predicted molar refractivity (Wildman–Crippen MR) is 132 cm³/mol. The van der Waals surface area contributed by atoms with Gasteiger partial charge in [0.05, 0.1) is 0 Å². The van der Waals surface area contributed by atoms with E-state index in [-0.39, 0.29) is 5.91 Å². The van der Waals surface area contributed by atoms with Crippen molar-refractivity contribution in [2.75, 3.05) is 26.4 Å². The van der Waals surface area contributed by atoms with Gasteiger partial charge in [0.2, 0.25) is 0 Å². The summed E-state index contributed by atoms with van der Waals surface area (Å²) >= 11 is 3.14. The van der Waals surface area contributed by atoms with Crippen LogP contribution in [0.25, 0.3) is 0 Å². The van der Waals surface area contributed by atoms with E-state index in [9.17, 15) is 4.79 Å². The minimum absolute atomic E-state index is 0.0738. The van der Waals surface area contributed by atoms with E-state index in [0.717, 1.165) is 43.2 Å². The first-order valence-corrected chi connectivity index (χ1v) is 13.2. The Bertz CT molecular complexity index is 987. The monoisotopic (exact) mass is 466 g/mol. The van der Waals surface area contributed by atoms with E-state index in [1.54, 1.807) is 23.1 Å². The Labute approximate surface area is 198 Å². The van der Waals surface area contributed by atoms with E-state index in [0.29, 0.717) is 17.7 Å². The summed E-state index contributed by atoms with van der Waals surface area (Å²) in [5.41, 5.74) is 3.24. The van der Waals surface area contributed by atoms with Crippen molar-refractivity contribution in [3.63, 3.8) is 0 Å². The fraction of sp³-hybridized carbons (Fsp3) is 0.400. The van der Waals surface area contributed by atoms with Crippen LogP contribution >= 0.6 is 23.1 Å². The molecule has 3 heterocycles. The topological polar surface area (TPSA) is 49.3 Å². The van der Waals surface area contributed by atoms with E-state index in [1.165, 1.54) is 11.1 Å². The molecule has 1 amide bonds. The number of thiazole rings is 1. The second-order valence-corrected chi connectivity index (χ2v) is 10.3. The molecule has 0 N–H and O–H groups in total. The average Bonchev–Trinajstić information content (AvgIpc) is 3.33. The zero-order chi connectivity index (χ0) is 22.3. The molecule has 1 aromatic carbocycles. The highest BCUT2D eigenvalue weighted by molar-refractivity contribution is 8.00. The summed E-state index contributed by atoms with van der Waals surface area (Å²) in [6, 6.07) is 15.4. The number of hydrogen-bond donors (Lipinski definition) is 0. The third-order valence-corrected chi connectivity index (χ3v) is 8.15. The van der Waals surface area contributed by atoms with Gasteiger partial charge in [-0.25, -0.2) is 4.98 Å². The van der Waals surface area contributed by atoms with Gasteiger partial charge in [-0.1, -0.05) is 42.1 Å². The lowest BCUT2D eigenvalue weighted by Gasteiger charge is -2.40. The Hall–Kier alpha value is -2.22. The van der Waals surface area contributed by atoms with Crippen molar-refractivity contribution in [1.29, 1.82) is 0 Å². The van der Waals surface area contributed by atoms with E-state index in [4.69, 9.17) is 0 Å². The Kier molecular flexibility index (Phi) is 7.95. The fourth-order valence-corrected chi connectivity index (χ4v) is 5.77. The molecular weight excluding hydrogens is 436 g/mol. The quantitative estimate of drug-likeness (QED) is 0.444. The van der Waals surface area contributed by atoms with E-state index in [2.05, 4.69) is 64.4 Å². The van der Waals surface area contributed by atoms with Crippen LogP contribution in [-0.2, 0) is 13.0 Å². The summed E-state index contributed by atoms with van der Waals surface area (Å²) < 4.78 is 0.948. The lowest BCUT2D eigenvalue weighted by Crippen LogP contribution is -2.46. The lowest BCUT2D eigenvalue weighted by atomic mass is 9.84. The molecule has 1 saturated heterocycles. The summed E-state index contributed by atoms with van der Waals surface area (Å²) in [4.78, 5) is 26.0. The molecule has 0 aliphatic carbocycles. The summed E-state index contributed by atoms with van der Waals surface area (Å²) in [6.07, 6.45) is 8.77. The maximum atomic E-state index is 12.9. The van der Waals surface area contributed by atoms with Crippen LogP contribution in [0.3, 0.4) is 0 Å². The Balaban J connectivity index is 1.43. The molecule has 1 aliphatic rings. The van der Waals surface area contributed by atoms with Crippen molar-refractivity contribution in [2.24, 2.45) is 5.92 Å². The number of piperidine rings is 1. The number of nitrogens with zero attached hydrogens (tertiary/aromatic N) is 4. The molecule has 32 heavy (non-hydrogen) atoms. The molecule has 0 saturated carbocycles. The molecule has 168 valence electrons. The minimum atomic E-state index is 0.0738. The SMILES string of the molecule is CSc1nc(C(=O)N2CCC(C(Cc3ccccc3)N(C)Cc3ccncc3)CC2)cs1. The van der Waals surface area contributed by atoms with Gasteiger partial charge in [-0.3, -0.25) is 14.7 Å². The molecule has 3 aromatic rings. The van der Waals surface area contributed by atoms with Crippen molar-refractivity contribution in [1.82, 2.24) is 19.8 Å². The fourth-order valence-electron chi connectivity index (χ4n) is 4.53. The van der Waals surface area contributed by atoms with Crippen LogP contribution in [0, 0.1) is 5.92 Å². The summed E-state index contributed by atoms with van der Waals surface area (Å²) in [5.74, 6) is 0.619. The number of amides is 1. The Morgan fingerprint density at radius 1 is 1.16 bits per heavy atom. The van der Waals surface area contributed by atoms with Gasteiger partial charge in [0.1, 0.15) is 10.0 Å². The van der Waals surface area contributed by atoms with Crippen molar-refractivity contribution >= 4 is 29.0 Å². The zero-order valence-corrected chi connectivity index (χ0v) is 20.3. The first kappa shape index (κ1) is 23.0. The first-order valence-electron chi connectivity index (χ1n) is 11.1. The van der Waals surface area contributed by atoms with Crippen molar-refractivity contribution in [3.05, 3.63) is 77.1 Å². The van der Waals surface area contributed by atoms with E-state index >= 15 is 0 Å². The maximum Gasteiger partial charge on any atom is 0.273 e. The summed E-state index contributed by atoms with van der Waals surface area (Å²) in [5, 5.41) is 1.89. The van der Waals surface area contributed by atoms with E-state index in [1.807, 2.05) is 28.9 Å². The second kappa shape index (κ2) is 11.1. The number of carbonyl (C=O) groups is 1. The number of benzene rings is 1. The predicted octanol–water partition coefficient (Wildman–Crippen LogP) is 4.86. The molecule has 2 aromatic heterocycles. The van der Waals surface area contributed by atoms with Gasteiger partial charge in [0.15, 0.2) is 0 Å². The molecular formula is C25H30N4OS2. The molecule has 1 fully saturated rings. The van der Waals surface area contributed by atoms with Gasteiger partial charge in [-0.15, -0.1) is 11.3 Å². The van der Waals surface area contributed by atoms with Crippen LogP contribution in [0.1, 0.15) is 34.5 Å². The van der Waals surface area contributed by atoms with Crippen molar-refractivity contribution in [2.45, 2.75) is 36.2 Å². The van der Waals surface area contributed by atoms with Gasteiger partial charge in [0, 0.05) is 43.4 Å². The lowest BCUT2D eigenvalue weighted by molar-refractivity contribution is 0.0598. The Morgan fingerprint density at radius 3 is 2.53 bits per heavy atom. The van der Waals surface area contributed by atoms with Crippen LogP contribution in [0.2, 0.25) is 0 Å². The molecule has 0 spiro atoms. The number of pyridine rings is 1. The van der Waals surface area contributed by atoms with Crippen LogP contribution in [0.4, 0.5) is 0 Å². The van der Waals surface area contributed by atoms with Crippen molar-refractivity contribution in [3.8, 4) is 0 Å². The molecule has 0 radical (unpaired) electrons. The van der Waals surface area contributed by atoms with Crippen molar-refractivity contribution < 1.29 is 4.79 Å². The number of likely N-dealkylation sites (N-methyl/N-ethyl adjacent to an activating group) is 1. The highest BCUT2D eigenvalue weighted by atomic mass is 32.2. The molecule has 1 aliphatic heterocycles. The summed E-state index contributed by atoms with van der Waals surface area (Å²) in [7, 11) is 2.23. The molecule has 7 heteroatoms. The number of rotatable bonds is 8. The van der Waals surface area contributed by atoms with Gasteiger partial charge in [-0.2, -0.15) is 0 Å². The van der Waals surface area contributed by atoms with Crippen LogP contribution in [-0.4, -0.2) is 58.1 Å². The Morgan fingerprint density at radius 2 is 1.88 bits per heavy atom. The molecule has 1 unspecified atom stereocenters. The average molecular weight is 467 g/mol. The number of likely N-dealkylation sites (tertiary alicyclic amines) is 1. The largest absolute Gasteiger partial charge is 0.337 e.